The van der Waals surface area contributed by atoms with Gasteiger partial charge >= 0.3 is 0 Å². The molecule has 0 atom stereocenters. The molecule has 1 amide bonds. The van der Waals surface area contributed by atoms with Crippen molar-refractivity contribution in [3.63, 3.8) is 0 Å². The normalized spacial score (nSPS) is 15.8. The number of anilines is 2. The lowest BCUT2D eigenvalue weighted by Gasteiger charge is -2.26. The Morgan fingerprint density at radius 2 is 1.45 bits per heavy atom. The van der Waals surface area contributed by atoms with E-state index in [0.717, 1.165) is 16.4 Å². The van der Waals surface area contributed by atoms with Gasteiger partial charge in [0.1, 0.15) is 25.6 Å². The summed E-state index contributed by atoms with van der Waals surface area (Å²) < 4.78 is 85.0. The molecule has 0 saturated carbocycles. The summed E-state index contributed by atoms with van der Waals surface area (Å²) in [6, 6.07) is 14.4. The Morgan fingerprint density at radius 1 is 0.825 bits per heavy atom. The van der Waals surface area contributed by atoms with E-state index in [0.29, 0.717) is 25.6 Å². The van der Waals surface area contributed by atoms with Crippen LogP contribution in [-0.4, -0.2) is 73.1 Å². The van der Waals surface area contributed by atoms with E-state index in [1.54, 1.807) is 0 Å². The average Bonchev–Trinajstić information content (AvgIpc) is 2.97. The Labute approximate surface area is 231 Å². The van der Waals surface area contributed by atoms with Crippen molar-refractivity contribution < 1.29 is 40.2 Å². The number of fused-ring (bicyclic) bond motifs is 1. The molecule has 3 aromatic carbocycles. The van der Waals surface area contributed by atoms with Gasteiger partial charge < -0.3 is 19.5 Å². The second-order valence-electron chi connectivity index (χ2n) is 8.88. The molecule has 5 rings (SSSR count). The highest BCUT2D eigenvalue weighted by Crippen LogP contribution is 2.34. The van der Waals surface area contributed by atoms with E-state index in [9.17, 15) is 26.0 Å². The second-order valence-corrected chi connectivity index (χ2v) is 12.7. The zero-order chi connectivity index (χ0) is 28.3. The number of halogens is 1. The average molecular weight is 592 g/mol. The monoisotopic (exact) mass is 591 g/mol. The Kier molecular flexibility index (Phi) is 7.94. The highest BCUT2D eigenvalue weighted by molar-refractivity contribution is 7.92. The van der Waals surface area contributed by atoms with Crippen molar-refractivity contribution >= 4 is 37.3 Å². The quantitative estimate of drug-likeness (QED) is 0.423. The predicted molar refractivity (Wildman–Crippen MR) is 143 cm³/mol. The number of nitrogens with one attached hydrogen (secondary N) is 1. The van der Waals surface area contributed by atoms with E-state index in [4.69, 9.17) is 14.2 Å². The minimum absolute atomic E-state index is 0.0570. The van der Waals surface area contributed by atoms with Gasteiger partial charge in [0, 0.05) is 24.8 Å². The van der Waals surface area contributed by atoms with Crippen LogP contribution in [0.1, 0.15) is 0 Å². The van der Waals surface area contributed by atoms with Gasteiger partial charge in [-0.1, -0.05) is 0 Å². The summed E-state index contributed by atoms with van der Waals surface area (Å²) in [5.74, 6) is -0.621. The van der Waals surface area contributed by atoms with Crippen molar-refractivity contribution in [2.24, 2.45) is 0 Å². The number of hydrogen-bond acceptors (Lipinski definition) is 8. The number of carbonyl (C=O) groups excluding carboxylic acids is 1. The maximum Gasteiger partial charge on any atom is 0.264 e. The lowest BCUT2D eigenvalue weighted by Crippen LogP contribution is -2.40. The summed E-state index contributed by atoms with van der Waals surface area (Å²) in [7, 11) is -8.03. The molecule has 0 aromatic heterocycles. The molecule has 3 aromatic rings. The number of morpholine rings is 1. The first-order valence-corrected chi connectivity index (χ1v) is 15.2. The van der Waals surface area contributed by atoms with Crippen LogP contribution in [-0.2, 0) is 29.6 Å². The van der Waals surface area contributed by atoms with Crippen LogP contribution < -0.4 is 19.1 Å². The summed E-state index contributed by atoms with van der Waals surface area (Å²) in [4.78, 5) is 12.9. The maximum atomic E-state index is 13.7. The molecule has 11 nitrogen and oxygen atoms in total. The van der Waals surface area contributed by atoms with Crippen molar-refractivity contribution in [1.82, 2.24) is 4.31 Å². The summed E-state index contributed by atoms with van der Waals surface area (Å²) in [5.41, 5.74) is 0.333. The fourth-order valence-electron chi connectivity index (χ4n) is 4.21. The van der Waals surface area contributed by atoms with E-state index in [-0.39, 0.29) is 46.6 Å². The van der Waals surface area contributed by atoms with Gasteiger partial charge in [0.25, 0.3) is 10.0 Å². The van der Waals surface area contributed by atoms with E-state index in [1.807, 2.05) is 0 Å². The van der Waals surface area contributed by atoms with Crippen molar-refractivity contribution in [3.05, 3.63) is 72.5 Å². The molecule has 0 bridgehead atoms. The molecule has 1 saturated heterocycles. The van der Waals surface area contributed by atoms with E-state index in [2.05, 4.69) is 5.32 Å². The Bertz CT molecular complexity index is 1590. The van der Waals surface area contributed by atoms with Crippen LogP contribution in [0, 0.1) is 5.82 Å². The van der Waals surface area contributed by atoms with Crippen LogP contribution >= 0.6 is 0 Å². The van der Waals surface area contributed by atoms with E-state index in [1.165, 1.54) is 58.9 Å². The molecule has 0 aliphatic carbocycles. The van der Waals surface area contributed by atoms with Gasteiger partial charge in [0.15, 0.2) is 11.5 Å². The molecular weight excluding hydrogens is 565 g/mol. The Balaban J connectivity index is 1.36. The molecule has 2 aliphatic heterocycles. The summed E-state index contributed by atoms with van der Waals surface area (Å²) >= 11 is 0. The fourth-order valence-corrected chi connectivity index (χ4v) is 7.06. The van der Waals surface area contributed by atoms with Crippen molar-refractivity contribution in [2.45, 2.75) is 9.79 Å². The van der Waals surface area contributed by atoms with Gasteiger partial charge in [0.2, 0.25) is 15.9 Å². The summed E-state index contributed by atoms with van der Waals surface area (Å²) in [6.07, 6.45) is 0. The van der Waals surface area contributed by atoms with E-state index >= 15 is 0 Å². The molecule has 2 heterocycles. The minimum atomic E-state index is -4.31. The number of hydrogen-bond donors (Lipinski definition) is 1. The first-order chi connectivity index (χ1) is 19.1. The number of carbonyl (C=O) groups is 1. The number of nitrogens with zero attached hydrogens (tertiary/aromatic N) is 2. The van der Waals surface area contributed by atoms with Crippen LogP contribution in [0.25, 0.3) is 0 Å². The zero-order valence-corrected chi connectivity index (χ0v) is 22.8. The first-order valence-electron chi connectivity index (χ1n) is 12.3. The van der Waals surface area contributed by atoms with Gasteiger partial charge in [-0.3, -0.25) is 9.10 Å². The molecule has 40 heavy (non-hydrogen) atoms. The topological polar surface area (TPSA) is 132 Å². The van der Waals surface area contributed by atoms with Gasteiger partial charge in [0.05, 0.1) is 28.7 Å². The molecule has 2 aliphatic rings. The molecule has 0 unspecified atom stereocenters. The first kappa shape index (κ1) is 27.8. The van der Waals surface area contributed by atoms with Gasteiger partial charge in [-0.15, -0.1) is 0 Å². The van der Waals surface area contributed by atoms with Crippen LogP contribution in [0.3, 0.4) is 0 Å². The molecular formula is C26H26FN3O8S2. The van der Waals surface area contributed by atoms with Gasteiger partial charge in [-0.25, -0.2) is 21.2 Å². The second kappa shape index (κ2) is 11.4. The molecule has 212 valence electrons. The molecule has 0 radical (unpaired) electrons. The van der Waals surface area contributed by atoms with Gasteiger partial charge in [-0.05, 0) is 60.7 Å². The standard InChI is InChI=1S/C26H26FN3O8S2/c27-19-1-5-21(6-2-19)30(40(34,35)23-9-10-24-25(17-23)38-16-15-37-24)18-26(31)28-20-3-7-22(8-4-20)39(32,33)29-11-13-36-14-12-29/h1-10,17H,11-16,18H2,(H,28,31). The van der Waals surface area contributed by atoms with Gasteiger partial charge in [-0.2, -0.15) is 4.31 Å². The van der Waals surface area contributed by atoms with Crippen LogP contribution in [0.2, 0.25) is 0 Å². The molecule has 1 N–H and O–H groups in total. The largest absolute Gasteiger partial charge is 0.486 e. The SMILES string of the molecule is O=C(CN(c1ccc(F)cc1)S(=O)(=O)c1ccc2c(c1)OCCO2)Nc1ccc(S(=O)(=O)N2CCOCC2)cc1. The van der Waals surface area contributed by atoms with Crippen LogP contribution in [0.5, 0.6) is 11.5 Å². The number of ether oxygens (including phenoxy) is 3. The Morgan fingerprint density at radius 3 is 2.12 bits per heavy atom. The summed E-state index contributed by atoms with van der Waals surface area (Å²) in [5, 5.41) is 2.59. The maximum absolute atomic E-state index is 13.7. The number of benzene rings is 3. The lowest BCUT2D eigenvalue weighted by molar-refractivity contribution is -0.114. The smallest absolute Gasteiger partial charge is 0.264 e. The van der Waals surface area contributed by atoms with Crippen molar-refractivity contribution in [3.8, 4) is 11.5 Å². The highest BCUT2D eigenvalue weighted by Gasteiger charge is 2.30. The number of rotatable bonds is 8. The number of amides is 1. The number of sulfonamides is 2. The third-order valence-electron chi connectivity index (χ3n) is 6.25. The predicted octanol–water partition coefficient (Wildman–Crippen LogP) is 2.45. The van der Waals surface area contributed by atoms with E-state index < -0.39 is 38.3 Å². The fraction of sp³-hybridized carbons (Fsp3) is 0.269. The molecule has 14 heteroatoms. The molecule has 0 spiro atoms. The zero-order valence-electron chi connectivity index (χ0n) is 21.2. The highest BCUT2D eigenvalue weighted by atomic mass is 32.2. The Hall–Kier alpha value is -3.72. The lowest BCUT2D eigenvalue weighted by atomic mass is 10.3. The van der Waals surface area contributed by atoms with Crippen molar-refractivity contribution in [1.29, 1.82) is 0 Å². The summed E-state index contributed by atoms with van der Waals surface area (Å²) in [6.45, 7) is 1.07. The van der Waals surface area contributed by atoms with Crippen molar-refractivity contribution in [2.75, 3.05) is 55.7 Å². The third kappa shape index (κ3) is 5.89. The third-order valence-corrected chi connectivity index (χ3v) is 9.93. The minimum Gasteiger partial charge on any atom is -0.486 e. The molecule has 1 fully saturated rings. The van der Waals surface area contributed by atoms with Crippen LogP contribution in [0.15, 0.2) is 76.5 Å². The van der Waals surface area contributed by atoms with Crippen LogP contribution in [0.4, 0.5) is 15.8 Å².